The number of rotatable bonds is 5. The molecule has 1 aliphatic rings. The molecule has 4 nitrogen and oxygen atoms in total. The highest BCUT2D eigenvalue weighted by molar-refractivity contribution is 9.10. The molecule has 3 N–H and O–H groups in total. The van der Waals surface area contributed by atoms with Crippen molar-refractivity contribution in [2.45, 2.75) is 29.5 Å². The molecule has 0 bridgehead atoms. The van der Waals surface area contributed by atoms with E-state index in [0.717, 1.165) is 18.6 Å². The Morgan fingerprint density at radius 1 is 1.50 bits per heavy atom. The molecule has 20 heavy (non-hydrogen) atoms. The van der Waals surface area contributed by atoms with E-state index in [1.807, 2.05) is 0 Å². The van der Waals surface area contributed by atoms with Gasteiger partial charge in [0.2, 0.25) is 10.0 Å². The molecule has 1 atom stereocenters. The van der Waals surface area contributed by atoms with Crippen LogP contribution in [-0.4, -0.2) is 26.0 Å². The van der Waals surface area contributed by atoms with Crippen molar-refractivity contribution in [1.29, 1.82) is 0 Å². The van der Waals surface area contributed by atoms with Gasteiger partial charge >= 0.3 is 0 Å². The third-order valence-electron chi connectivity index (χ3n) is 3.11. The van der Waals surface area contributed by atoms with E-state index in [1.165, 1.54) is 12.1 Å². The van der Waals surface area contributed by atoms with Crippen LogP contribution in [0.15, 0.2) is 21.5 Å². The SMILES string of the molecule is NCc1cc(Br)cc(S(=O)(=O)NCC2CCCS2)c1F. The third kappa shape index (κ3) is 3.73. The normalized spacial score (nSPS) is 19.4. The van der Waals surface area contributed by atoms with Gasteiger partial charge in [0.25, 0.3) is 0 Å². The van der Waals surface area contributed by atoms with Crippen molar-refractivity contribution in [3.8, 4) is 0 Å². The molecule has 1 unspecified atom stereocenters. The van der Waals surface area contributed by atoms with Gasteiger partial charge in [0.05, 0.1) is 0 Å². The van der Waals surface area contributed by atoms with Crippen molar-refractivity contribution >= 4 is 37.7 Å². The van der Waals surface area contributed by atoms with Gasteiger partial charge < -0.3 is 5.73 Å². The van der Waals surface area contributed by atoms with Crippen LogP contribution < -0.4 is 10.5 Å². The Morgan fingerprint density at radius 3 is 2.85 bits per heavy atom. The summed E-state index contributed by atoms with van der Waals surface area (Å²) in [6, 6.07) is 2.75. The molecule has 0 aliphatic carbocycles. The highest BCUT2D eigenvalue weighted by Crippen LogP contribution is 2.27. The van der Waals surface area contributed by atoms with E-state index < -0.39 is 15.8 Å². The van der Waals surface area contributed by atoms with Gasteiger partial charge in [0, 0.05) is 28.4 Å². The molecule has 1 heterocycles. The number of hydrogen-bond acceptors (Lipinski definition) is 4. The first-order chi connectivity index (χ1) is 9.44. The molecule has 112 valence electrons. The van der Waals surface area contributed by atoms with Crippen LogP contribution in [0, 0.1) is 5.82 Å². The summed E-state index contributed by atoms with van der Waals surface area (Å²) in [5.74, 6) is 0.275. The topological polar surface area (TPSA) is 72.2 Å². The Balaban J connectivity index is 2.22. The van der Waals surface area contributed by atoms with Crippen LogP contribution in [0.4, 0.5) is 4.39 Å². The van der Waals surface area contributed by atoms with E-state index in [0.29, 0.717) is 11.0 Å². The van der Waals surface area contributed by atoms with Crippen LogP contribution >= 0.6 is 27.7 Å². The quantitative estimate of drug-likeness (QED) is 0.818. The molecule has 1 aliphatic heterocycles. The molecule has 2 rings (SSSR count). The van der Waals surface area contributed by atoms with E-state index in [4.69, 9.17) is 5.73 Å². The molecule has 1 aromatic rings. The maximum Gasteiger partial charge on any atom is 0.243 e. The zero-order valence-electron chi connectivity index (χ0n) is 10.7. The van der Waals surface area contributed by atoms with Crippen molar-refractivity contribution in [2.75, 3.05) is 12.3 Å². The van der Waals surface area contributed by atoms with Gasteiger partial charge in [-0.3, -0.25) is 0 Å². The fourth-order valence-electron chi connectivity index (χ4n) is 2.05. The van der Waals surface area contributed by atoms with Crippen molar-refractivity contribution in [1.82, 2.24) is 4.72 Å². The molecule has 0 saturated carbocycles. The van der Waals surface area contributed by atoms with Gasteiger partial charge in [-0.15, -0.1) is 0 Å². The van der Waals surface area contributed by atoms with Crippen LogP contribution in [0.5, 0.6) is 0 Å². The second-order valence-corrected chi connectivity index (χ2v) is 8.63. The Bertz CT molecular complexity index is 589. The lowest BCUT2D eigenvalue weighted by atomic mass is 10.2. The smallest absolute Gasteiger partial charge is 0.243 e. The number of nitrogens with two attached hydrogens (primary N) is 1. The molecule has 1 saturated heterocycles. The highest BCUT2D eigenvalue weighted by Gasteiger charge is 2.24. The summed E-state index contributed by atoms with van der Waals surface area (Å²) in [5, 5.41) is 0.272. The summed E-state index contributed by atoms with van der Waals surface area (Å²) >= 11 is 4.92. The molecule has 8 heteroatoms. The van der Waals surface area contributed by atoms with E-state index in [9.17, 15) is 12.8 Å². The minimum absolute atomic E-state index is 0.0493. The van der Waals surface area contributed by atoms with Crippen molar-refractivity contribution < 1.29 is 12.8 Å². The summed E-state index contributed by atoms with van der Waals surface area (Å²) in [4.78, 5) is -0.352. The average Bonchev–Trinajstić information content (AvgIpc) is 2.92. The molecule has 0 amide bonds. The number of halogens is 2. The first-order valence-electron chi connectivity index (χ1n) is 6.23. The third-order valence-corrected chi connectivity index (χ3v) is 6.39. The first-order valence-corrected chi connectivity index (χ1v) is 9.56. The van der Waals surface area contributed by atoms with E-state index in [1.54, 1.807) is 11.8 Å². The Labute approximate surface area is 130 Å². The predicted octanol–water partition coefficient (Wildman–Crippen LogP) is 2.22. The largest absolute Gasteiger partial charge is 0.326 e. The van der Waals surface area contributed by atoms with Gasteiger partial charge in [-0.05, 0) is 30.7 Å². The lowest BCUT2D eigenvalue weighted by Crippen LogP contribution is -2.30. The van der Waals surface area contributed by atoms with Crippen molar-refractivity contribution in [2.24, 2.45) is 5.73 Å². The maximum absolute atomic E-state index is 14.1. The molecular formula is C12H16BrFN2O2S2. The highest BCUT2D eigenvalue weighted by atomic mass is 79.9. The standard InChI is InChI=1S/C12H16BrFN2O2S2/c13-9-4-8(6-15)12(14)11(5-9)20(17,18)16-7-10-2-1-3-19-10/h4-5,10,16H,1-3,6-7,15H2. The van der Waals surface area contributed by atoms with Crippen LogP contribution in [-0.2, 0) is 16.6 Å². The fourth-order valence-corrected chi connectivity index (χ4v) is 5.24. The summed E-state index contributed by atoms with van der Waals surface area (Å²) in [5.41, 5.74) is 5.60. The summed E-state index contributed by atoms with van der Waals surface area (Å²) in [7, 11) is -3.86. The van der Waals surface area contributed by atoms with Crippen molar-refractivity contribution in [3.05, 3.63) is 28.0 Å². The van der Waals surface area contributed by atoms with Crippen LogP contribution in [0.3, 0.4) is 0 Å². The first kappa shape index (κ1) is 16.2. The minimum atomic E-state index is -3.86. The van der Waals surface area contributed by atoms with Gasteiger partial charge in [-0.2, -0.15) is 11.8 Å². The van der Waals surface area contributed by atoms with E-state index in [-0.39, 0.29) is 22.3 Å². The molecule has 1 aromatic carbocycles. The Morgan fingerprint density at radius 2 is 2.25 bits per heavy atom. The van der Waals surface area contributed by atoms with Crippen LogP contribution in [0.25, 0.3) is 0 Å². The Kier molecular flexibility index (Phi) is 5.47. The number of thioether (sulfide) groups is 1. The molecule has 1 fully saturated rings. The fraction of sp³-hybridized carbons (Fsp3) is 0.500. The van der Waals surface area contributed by atoms with Gasteiger partial charge in [-0.25, -0.2) is 17.5 Å². The number of hydrogen-bond donors (Lipinski definition) is 2. The second-order valence-electron chi connectivity index (χ2n) is 4.57. The number of benzene rings is 1. The summed E-state index contributed by atoms with van der Waals surface area (Å²) < 4.78 is 41.5. The minimum Gasteiger partial charge on any atom is -0.326 e. The lowest BCUT2D eigenvalue weighted by Gasteiger charge is -2.13. The van der Waals surface area contributed by atoms with Crippen LogP contribution in [0.1, 0.15) is 18.4 Å². The van der Waals surface area contributed by atoms with E-state index >= 15 is 0 Å². The van der Waals surface area contributed by atoms with Crippen molar-refractivity contribution in [3.63, 3.8) is 0 Å². The maximum atomic E-state index is 14.1. The van der Waals surface area contributed by atoms with Crippen LogP contribution in [0.2, 0.25) is 0 Å². The van der Waals surface area contributed by atoms with E-state index in [2.05, 4.69) is 20.7 Å². The zero-order chi connectivity index (χ0) is 14.8. The lowest BCUT2D eigenvalue weighted by molar-refractivity contribution is 0.548. The summed E-state index contributed by atoms with van der Waals surface area (Å²) in [6.07, 6.45) is 2.09. The predicted molar refractivity (Wildman–Crippen MR) is 82.7 cm³/mol. The van der Waals surface area contributed by atoms with Gasteiger partial charge in [0.15, 0.2) is 0 Å². The monoisotopic (exact) mass is 382 g/mol. The molecule has 0 spiro atoms. The number of nitrogens with one attached hydrogen (secondary N) is 1. The van der Waals surface area contributed by atoms with Gasteiger partial charge in [-0.1, -0.05) is 15.9 Å². The Hall–Kier alpha value is -0.150. The average molecular weight is 383 g/mol. The second kappa shape index (κ2) is 6.74. The molecular weight excluding hydrogens is 367 g/mol. The number of sulfonamides is 1. The summed E-state index contributed by atoms with van der Waals surface area (Å²) in [6.45, 7) is 0.281. The van der Waals surface area contributed by atoms with Gasteiger partial charge in [0.1, 0.15) is 10.7 Å². The molecule has 0 aromatic heterocycles. The molecule has 0 radical (unpaired) electrons. The zero-order valence-corrected chi connectivity index (χ0v) is 14.0.